The lowest BCUT2D eigenvalue weighted by atomic mass is 9.95. The minimum absolute atomic E-state index is 0.0956. The maximum absolute atomic E-state index is 13.5. The van der Waals surface area contributed by atoms with Gasteiger partial charge in [0.05, 0.1) is 30.5 Å². The molecule has 0 aromatic heterocycles. The van der Waals surface area contributed by atoms with Gasteiger partial charge in [-0.15, -0.1) is 6.58 Å². The van der Waals surface area contributed by atoms with E-state index < -0.39 is 6.04 Å². The van der Waals surface area contributed by atoms with Gasteiger partial charge in [-0.3, -0.25) is 9.69 Å². The lowest BCUT2D eigenvalue weighted by Crippen LogP contribution is -2.47. The van der Waals surface area contributed by atoms with Gasteiger partial charge in [-0.1, -0.05) is 35.9 Å². The van der Waals surface area contributed by atoms with Crippen molar-refractivity contribution in [1.29, 1.82) is 0 Å². The van der Waals surface area contributed by atoms with Gasteiger partial charge in [-0.05, 0) is 43.7 Å². The molecule has 0 aliphatic carbocycles. The van der Waals surface area contributed by atoms with Gasteiger partial charge in [0.15, 0.2) is 0 Å². The summed E-state index contributed by atoms with van der Waals surface area (Å²) in [6, 6.07) is 14.6. The number of amides is 3. The van der Waals surface area contributed by atoms with Crippen molar-refractivity contribution in [2.24, 2.45) is 0 Å². The van der Waals surface area contributed by atoms with Crippen molar-refractivity contribution >= 4 is 17.6 Å². The average molecular weight is 403 g/mol. The second-order valence-corrected chi connectivity index (χ2v) is 7.37. The topological polar surface area (TPSA) is 61.9 Å². The molecular formula is C24H25N3O3. The van der Waals surface area contributed by atoms with E-state index in [2.05, 4.69) is 11.9 Å². The predicted molar refractivity (Wildman–Crippen MR) is 116 cm³/mol. The molecule has 1 atom stereocenters. The maximum atomic E-state index is 13.5. The summed E-state index contributed by atoms with van der Waals surface area (Å²) in [5.74, 6) is 0.659. The summed E-state index contributed by atoms with van der Waals surface area (Å²) in [4.78, 5) is 29.6. The van der Waals surface area contributed by atoms with Gasteiger partial charge in [0.25, 0.3) is 5.91 Å². The van der Waals surface area contributed by atoms with Crippen molar-refractivity contribution in [3.05, 3.63) is 83.6 Å². The van der Waals surface area contributed by atoms with Crippen LogP contribution in [0.15, 0.2) is 72.5 Å². The third kappa shape index (κ3) is 3.45. The summed E-state index contributed by atoms with van der Waals surface area (Å²) in [6.07, 6.45) is 1.67. The number of anilines is 1. The third-order valence-corrected chi connectivity index (χ3v) is 5.40. The van der Waals surface area contributed by atoms with Gasteiger partial charge in [-0.25, -0.2) is 4.79 Å². The molecule has 0 unspecified atom stereocenters. The van der Waals surface area contributed by atoms with E-state index in [0.717, 1.165) is 28.3 Å². The number of nitrogens with one attached hydrogen (secondary N) is 1. The molecule has 3 amide bonds. The first-order valence-corrected chi connectivity index (χ1v) is 10.1. The molecule has 0 bridgehead atoms. The molecule has 154 valence electrons. The SMILES string of the molecule is C=CCN1C(=O)N[C@@H](c2ccc(OCC)cc2)C2=C1CN(c1ccc(C)cc1)C2=O. The molecular weight excluding hydrogens is 378 g/mol. The average Bonchev–Trinajstić information content (AvgIpc) is 3.09. The summed E-state index contributed by atoms with van der Waals surface area (Å²) in [7, 11) is 0. The van der Waals surface area contributed by atoms with Crippen LogP contribution >= 0.6 is 0 Å². The molecule has 2 aliphatic rings. The highest BCUT2D eigenvalue weighted by atomic mass is 16.5. The van der Waals surface area contributed by atoms with Gasteiger partial charge in [-0.2, -0.15) is 0 Å². The number of nitrogens with zero attached hydrogens (tertiary/aromatic N) is 2. The van der Waals surface area contributed by atoms with Crippen LogP contribution in [0.25, 0.3) is 0 Å². The molecule has 30 heavy (non-hydrogen) atoms. The van der Waals surface area contributed by atoms with Crippen molar-refractivity contribution < 1.29 is 14.3 Å². The normalized spacial score (nSPS) is 18.4. The number of aryl methyl sites for hydroxylation is 1. The highest BCUT2D eigenvalue weighted by Gasteiger charge is 2.44. The summed E-state index contributed by atoms with van der Waals surface area (Å²) < 4.78 is 5.52. The van der Waals surface area contributed by atoms with E-state index in [1.165, 1.54) is 0 Å². The monoisotopic (exact) mass is 403 g/mol. The highest BCUT2D eigenvalue weighted by molar-refractivity contribution is 6.11. The quantitative estimate of drug-likeness (QED) is 0.743. The fourth-order valence-electron chi connectivity index (χ4n) is 3.92. The minimum atomic E-state index is -0.507. The molecule has 0 saturated carbocycles. The minimum Gasteiger partial charge on any atom is -0.494 e. The molecule has 0 saturated heterocycles. The molecule has 2 aromatic rings. The third-order valence-electron chi connectivity index (χ3n) is 5.40. The molecule has 6 heteroatoms. The predicted octanol–water partition coefficient (Wildman–Crippen LogP) is 3.95. The van der Waals surface area contributed by atoms with Crippen LogP contribution in [0.5, 0.6) is 5.75 Å². The first-order chi connectivity index (χ1) is 14.5. The van der Waals surface area contributed by atoms with Crippen molar-refractivity contribution in [3.63, 3.8) is 0 Å². The van der Waals surface area contributed by atoms with Gasteiger partial charge in [0.2, 0.25) is 0 Å². The molecule has 4 rings (SSSR count). The van der Waals surface area contributed by atoms with Crippen LogP contribution < -0.4 is 15.0 Å². The Hall–Kier alpha value is -3.54. The van der Waals surface area contributed by atoms with Crippen LogP contribution in [0.4, 0.5) is 10.5 Å². The van der Waals surface area contributed by atoms with Gasteiger partial charge in [0.1, 0.15) is 5.75 Å². The van der Waals surface area contributed by atoms with Crippen molar-refractivity contribution in [2.45, 2.75) is 19.9 Å². The van der Waals surface area contributed by atoms with E-state index in [1.807, 2.05) is 62.4 Å². The molecule has 2 heterocycles. The van der Waals surface area contributed by atoms with Crippen LogP contribution in [0.2, 0.25) is 0 Å². The van der Waals surface area contributed by atoms with E-state index in [-0.39, 0.29) is 11.9 Å². The molecule has 6 nitrogen and oxygen atoms in total. The van der Waals surface area contributed by atoms with Gasteiger partial charge < -0.3 is 15.0 Å². The summed E-state index contributed by atoms with van der Waals surface area (Å²) in [5.41, 5.74) is 4.11. The number of hydrogen-bond donors (Lipinski definition) is 1. The van der Waals surface area contributed by atoms with Crippen LogP contribution in [0.3, 0.4) is 0 Å². The molecule has 0 radical (unpaired) electrons. The van der Waals surface area contributed by atoms with Crippen molar-refractivity contribution in [1.82, 2.24) is 10.2 Å². The fourth-order valence-corrected chi connectivity index (χ4v) is 3.92. The second-order valence-electron chi connectivity index (χ2n) is 7.37. The zero-order valence-electron chi connectivity index (χ0n) is 17.2. The summed E-state index contributed by atoms with van der Waals surface area (Å²) in [5, 5.41) is 3.00. The lowest BCUT2D eigenvalue weighted by Gasteiger charge is -2.33. The number of rotatable bonds is 6. The molecule has 0 spiro atoms. The number of carbonyl (C=O) groups excluding carboxylic acids is 2. The summed E-state index contributed by atoms with van der Waals surface area (Å²) >= 11 is 0. The number of ether oxygens (including phenoxy) is 1. The highest BCUT2D eigenvalue weighted by Crippen LogP contribution is 2.38. The standard InChI is InChI=1S/C24H25N3O3/c1-4-14-26-20-15-27(18-10-6-16(3)7-11-18)23(28)21(20)22(25-24(26)29)17-8-12-19(13-9-17)30-5-2/h4,6-13,22H,1,5,14-15H2,2-3H3,(H,25,29)/t22-/m0/s1. The Morgan fingerprint density at radius 1 is 1.13 bits per heavy atom. The van der Waals surface area contributed by atoms with Crippen LogP contribution in [-0.2, 0) is 4.79 Å². The van der Waals surface area contributed by atoms with Gasteiger partial charge in [0, 0.05) is 12.2 Å². The van der Waals surface area contributed by atoms with E-state index >= 15 is 0 Å². The first-order valence-electron chi connectivity index (χ1n) is 10.1. The van der Waals surface area contributed by atoms with Crippen LogP contribution in [0.1, 0.15) is 24.1 Å². The Morgan fingerprint density at radius 3 is 2.47 bits per heavy atom. The largest absolute Gasteiger partial charge is 0.494 e. The van der Waals surface area contributed by atoms with E-state index in [4.69, 9.17) is 4.74 Å². The van der Waals surface area contributed by atoms with Crippen LogP contribution in [0, 0.1) is 6.92 Å². The zero-order valence-corrected chi connectivity index (χ0v) is 17.2. The molecule has 1 N–H and O–H groups in total. The van der Waals surface area contributed by atoms with E-state index in [1.54, 1.807) is 15.9 Å². The number of urea groups is 1. The smallest absolute Gasteiger partial charge is 0.322 e. The molecule has 2 aliphatic heterocycles. The fraction of sp³-hybridized carbons (Fsp3) is 0.250. The first kappa shape index (κ1) is 19.8. The van der Waals surface area contributed by atoms with E-state index in [0.29, 0.717) is 25.3 Å². The molecule has 2 aromatic carbocycles. The number of hydrogen-bond acceptors (Lipinski definition) is 3. The zero-order chi connectivity index (χ0) is 21.3. The Bertz CT molecular complexity index is 1010. The Labute approximate surface area is 176 Å². The Morgan fingerprint density at radius 2 is 1.83 bits per heavy atom. The van der Waals surface area contributed by atoms with Crippen molar-refractivity contribution in [3.8, 4) is 5.75 Å². The Balaban J connectivity index is 1.73. The second kappa shape index (κ2) is 8.06. The number of carbonyl (C=O) groups is 2. The molecule has 0 fully saturated rings. The van der Waals surface area contributed by atoms with E-state index in [9.17, 15) is 9.59 Å². The van der Waals surface area contributed by atoms with Crippen molar-refractivity contribution in [2.75, 3.05) is 24.6 Å². The van der Waals surface area contributed by atoms with Gasteiger partial charge >= 0.3 is 6.03 Å². The maximum Gasteiger partial charge on any atom is 0.322 e. The lowest BCUT2D eigenvalue weighted by molar-refractivity contribution is -0.114. The summed E-state index contributed by atoms with van der Waals surface area (Å²) in [6.45, 7) is 8.97. The number of benzene rings is 2. The Kier molecular flexibility index (Phi) is 5.31. The van der Waals surface area contributed by atoms with Crippen LogP contribution in [-0.4, -0.2) is 36.5 Å².